The van der Waals surface area contributed by atoms with Crippen molar-refractivity contribution in [2.75, 3.05) is 0 Å². The third kappa shape index (κ3) is 5.32. The number of fused-ring (bicyclic) bond motifs is 1. The molecule has 0 radical (unpaired) electrons. The van der Waals surface area contributed by atoms with Gasteiger partial charge in [0, 0.05) is 16.4 Å². The van der Waals surface area contributed by atoms with Crippen LogP contribution in [0.1, 0.15) is 35.8 Å². The Labute approximate surface area is 157 Å². The summed E-state index contributed by atoms with van der Waals surface area (Å²) in [5.41, 5.74) is 8.72. The molecule has 3 rings (SSSR count). The van der Waals surface area contributed by atoms with Gasteiger partial charge in [0.1, 0.15) is 0 Å². The zero-order valence-corrected chi connectivity index (χ0v) is 16.1. The van der Waals surface area contributed by atoms with E-state index in [1.54, 1.807) is 0 Å². The Kier molecular flexibility index (Phi) is 9.32. The zero-order chi connectivity index (χ0) is 18.7. The summed E-state index contributed by atoms with van der Waals surface area (Å²) in [5, 5.41) is 2.18. The number of hydrogen-bond acceptors (Lipinski definition) is 1. The number of allylic oxidation sites excluding steroid dienone is 2. The van der Waals surface area contributed by atoms with Crippen LogP contribution in [0.3, 0.4) is 0 Å². The monoisotopic (exact) mass is 348 g/mol. The summed E-state index contributed by atoms with van der Waals surface area (Å²) in [6.45, 7) is 18.5. The lowest BCUT2D eigenvalue weighted by Gasteiger charge is -2.21. The van der Waals surface area contributed by atoms with Gasteiger partial charge in [0.15, 0.2) is 0 Å². The minimum Gasteiger partial charge on any atom is -0.148 e. The lowest BCUT2D eigenvalue weighted by atomic mass is 9.84. The van der Waals surface area contributed by atoms with Crippen LogP contribution in [-0.2, 0) is 6.42 Å². The van der Waals surface area contributed by atoms with E-state index in [0.29, 0.717) is 5.92 Å². The largest absolute Gasteiger partial charge is 0.148 e. The summed E-state index contributed by atoms with van der Waals surface area (Å²) >= 11 is 1.86. The lowest BCUT2D eigenvalue weighted by Crippen LogP contribution is -2.07. The Balaban J connectivity index is 0.000000730. The zero-order valence-electron chi connectivity index (χ0n) is 15.3. The first-order valence-corrected chi connectivity index (χ1v) is 9.44. The van der Waals surface area contributed by atoms with Crippen LogP contribution >= 0.6 is 11.3 Å². The van der Waals surface area contributed by atoms with Gasteiger partial charge in [-0.05, 0) is 53.5 Å². The van der Waals surface area contributed by atoms with Crippen LogP contribution in [0.4, 0.5) is 0 Å². The van der Waals surface area contributed by atoms with Gasteiger partial charge in [-0.1, -0.05) is 43.8 Å². The van der Waals surface area contributed by atoms with Crippen LogP contribution in [0.15, 0.2) is 86.5 Å². The second-order valence-corrected chi connectivity index (χ2v) is 6.44. The van der Waals surface area contributed by atoms with Crippen LogP contribution in [0.5, 0.6) is 0 Å². The van der Waals surface area contributed by atoms with Gasteiger partial charge in [0.2, 0.25) is 0 Å². The molecule has 130 valence electrons. The summed E-state index contributed by atoms with van der Waals surface area (Å²) in [6.07, 6.45) is 5.56. The van der Waals surface area contributed by atoms with E-state index in [2.05, 4.69) is 93.4 Å². The Morgan fingerprint density at radius 1 is 1.16 bits per heavy atom. The van der Waals surface area contributed by atoms with Crippen molar-refractivity contribution in [2.45, 2.75) is 26.2 Å². The van der Waals surface area contributed by atoms with E-state index in [9.17, 15) is 0 Å². The standard InChI is InChI=1S/C20H20S.2C2H4/c1-3-16(18-7-5-4-6-8-18)9-10-17-11-12-20-19(15(17)2)13-14-21-20;2*1-2/h4-8,10,13-14,17H,2-3,11-12H2,1H3;2*1-2H2. The molecule has 0 nitrogen and oxygen atoms in total. The smallest absolute Gasteiger partial charge is 0.0121 e. The molecular formula is C24H28S. The molecule has 1 aliphatic carbocycles. The SMILES string of the molecule is C=C.C=C.C=C1c2ccsc2CCC1C=C=C(CC)c1ccccc1. The van der Waals surface area contributed by atoms with Gasteiger partial charge < -0.3 is 0 Å². The van der Waals surface area contributed by atoms with Crippen LogP contribution in [0.25, 0.3) is 11.1 Å². The third-order valence-corrected chi connectivity index (χ3v) is 5.14. The van der Waals surface area contributed by atoms with Crippen molar-refractivity contribution < 1.29 is 0 Å². The van der Waals surface area contributed by atoms with Gasteiger partial charge in [-0.2, -0.15) is 0 Å². The molecular weight excluding hydrogens is 320 g/mol. The van der Waals surface area contributed by atoms with Crippen molar-refractivity contribution in [1.82, 2.24) is 0 Å². The lowest BCUT2D eigenvalue weighted by molar-refractivity contribution is 0.709. The maximum atomic E-state index is 4.31. The quantitative estimate of drug-likeness (QED) is 0.396. The molecule has 0 saturated heterocycles. The van der Waals surface area contributed by atoms with Crippen LogP contribution < -0.4 is 0 Å². The number of aryl methyl sites for hydroxylation is 1. The summed E-state index contributed by atoms with van der Waals surface area (Å²) in [7, 11) is 0. The predicted octanol–water partition coefficient (Wildman–Crippen LogP) is 7.58. The van der Waals surface area contributed by atoms with Crippen molar-refractivity contribution in [3.8, 4) is 0 Å². The second-order valence-electron chi connectivity index (χ2n) is 5.44. The average molecular weight is 349 g/mol. The van der Waals surface area contributed by atoms with E-state index < -0.39 is 0 Å². The minimum absolute atomic E-state index is 0.428. The van der Waals surface area contributed by atoms with Gasteiger partial charge in [-0.25, -0.2) is 0 Å². The molecule has 1 aliphatic rings. The Morgan fingerprint density at radius 3 is 2.48 bits per heavy atom. The maximum absolute atomic E-state index is 4.31. The van der Waals surface area contributed by atoms with E-state index in [1.165, 1.54) is 33.6 Å². The fourth-order valence-corrected chi connectivity index (χ4v) is 3.83. The van der Waals surface area contributed by atoms with Crippen molar-refractivity contribution in [3.63, 3.8) is 0 Å². The number of rotatable bonds is 3. The summed E-state index contributed by atoms with van der Waals surface area (Å²) in [4.78, 5) is 1.49. The van der Waals surface area contributed by atoms with E-state index in [0.717, 1.165) is 12.8 Å². The fourth-order valence-electron chi connectivity index (χ4n) is 2.89. The van der Waals surface area contributed by atoms with Gasteiger partial charge in [0.05, 0.1) is 0 Å². The normalized spacial score (nSPS) is 14.6. The highest BCUT2D eigenvalue weighted by molar-refractivity contribution is 7.10. The third-order valence-electron chi connectivity index (χ3n) is 4.16. The average Bonchev–Trinajstić information content (AvgIpc) is 3.18. The van der Waals surface area contributed by atoms with Gasteiger partial charge in [-0.15, -0.1) is 43.4 Å². The topological polar surface area (TPSA) is 0 Å². The van der Waals surface area contributed by atoms with Crippen molar-refractivity contribution in [3.05, 3.63) is 102 Å². The predicted molar refractivity (Wildman–Crippen MR) is 116 cm³/mol. The summed E-state index contributed by atoms with van der Waals surface area (Å²) in [5.74, 6) is 0.428. The maximum Gasteiger partial charge on any atom is 0.0121 e. The molecule has 1 heteroatoms. The van der Waals surface area contributed by atoms with E-state index in [-0.39, 0.29) is 0 Å². The minimum atomic E-state index is 0.428. The highest BCUT2D eigenvalue weighted by atomic mass is 32.1. The molecule has 1 aromatic heterocycles. The second kappa shape index (κ2) is 11.3. The van der Waals surface area contributed by atoms with Crippen LogP contribution in [0, 0.1) is 5.92 Å². The molecule has 2 aromatic rings. The van der Waals surface area contributed by atoms with Crippen molar-refractivity contribution in [2.24, 2.45) is 5.92 Å². The molecule has 0 spiro atoms. The summed E-state index contributed by atoms with van der Waals surface area (Å²) in [6, 6.07) is 12.8. The van der Waals surface area contributed by atoms with Gasteiger partial charge in [-0.3, -0.25) is 0 Å². The molecule has 0 saturated carbocycles. The highest BCUT2D eigenvalue weighted by Gasteiger charge is 2.21. The molecule has 1 heterocycles. The van der Waals surface area contributed by atoms with Gasteiger partial charge >= 0.3 is 0 Å². The first-order valence-electron chi connectivity index (χ1n) is 8.56. The van der Waals surface area contributed by atoms with Crippen molar-refractivity contribution >= 4 is 22.5 Å². The number of hydrogen-bond donors (Lipinski definition) is 0. The number of benzene rings is 1. The molecule has 1 unspecified atom stereocenters. The van der Waals surface area contributed by atoms with Crippen LogP contribution in [-0.4, -0.2) is 0 Å². The summed E-state index contributed by atoms with van der Waals surface area (Å²) < 4.78 is 0. The molecule has 0 N–H and O–H groups in total. The Hall–Kier alpha value is -2.34. The molecule has 0 bridgehead atoms. The van der Waals surface area contributed by atoms with E-state index >= 15 is 0 Å². The highest BCUT2D eigenvalue weighted by Crippen LogP contribution is 2.37. The van der Waals surface area contributed by atoms with Crippen molar-refractivity contribution in [1.29, 1.82) is 0 Å². The van der Waals surface area contributed by atoms with Crippen LogP contribution in [0.2, 0.25) is 0 Å². The molecule has 0 amide bonds. The number of thiophene rings is 1. The van der Waals surface area contributed by atoms with E-state index in [1.807, 2.05) is 11.3 Å². The Morgan fingerprint density at radius 2 is 1.84 bits per heavy atom. The Bertz CT molecular complexity index is 724. The first-order chi connectivity index (χ1) is 12.3. The van der Waals surface area contributed by atoms with E-state index in [4.69, 9.17) is 0 Å². The van der Waals surface area contributed by atoms with Gasteiger partial charge in [0.25, 0.3) is 0 Å². The molecule has 0 aliphatic heterocycles. The molecule has 1 atom stereocenters. The molecule has 1 aromatic carbocycles. The first kappa shape index (κ1) is 20.7. The fraction of sp³-hybridized carbons (Fsp3) is 0.208. The molecule has 0 fully saturated rings. The molecule has 25 heavy (non-hydrogen) atoms.